The van der Waals surface area contributed by atoms with Gasteiger partial charge in [-0.05, 0) is 77.9 Å². The summed E-state index contributed by atoms with van der Waals surface area (Å²) in [5, 5.41) is 6.60. The van der Waals surface area contributed by atoms with Crippen LogP contribution in [0, 0.1) is 0 Å². The minimum atomic E-state index is -0.561. The smallest absolute Gasteiger partial charge is 0.272 e. The van der Waals surface area contributed by atoms with Gasteiger partial charge in [-0.2, -0.15) is 0 Å². The van der Waals surface area contributed by atoms with Gasteiger partial charge >= 0.3 is 0 Å². The predicted molar refractivity (Wildman–Crippen MR) is 158 cm³/mol. The van der Waals surface area contributed by atoms with E-state index in [-0.39, 0.29) is 11.5 Å². The first-order valence-electron chi connectivity index (χ1n) is 11.7. The van der Waals surface area contributed by atoms with E-state index >= 15 is 0 Å². The molecule has 0 aromatic heterocycles. The van der Waals surface area contributed by atoms with E-state index in [2.05, 4.69) is 10.6 Å². The maximum atomic E-state index is 13.2. The highest BCUT2D eigenvalue weighted by molar-refractivity contribution is 6.43. The van der Waals surface area contributed by atoms with Crippen LogP contribution in [0.2, 0.25) is 15.1 Å². The Balaban J connectivity index is 1.51. The van der Waals surface area contributed by atoms with Crippen molar-refractivity contribution >= 4 is 70.2 Å². The van der Waals surface area contributed by atoms with E-state index in [1.807, 2.05) is 0 Å². The van der Waals surface area contributed by atoms with Crippen LogP contribution < -0.4 is 10.6 Å². The second-order valence-electron chi connectivity index (χ2n) is 8.27. The summed E-state index contributed by atoms with van der Waals surface area (Å²) in [7, 11) is 0. The van der Waals surface area contributed by atoms with Crippen LogP contribution in [0.1, 0.15) is 31.8 Å². The molecule has 0 spiro atoms. The van der Waals surface area contributed by atoms with Crippen molar-refractivity contribution in [1.29, 1.82) is 0 Å². The van der Waals surface area contributed by atoms with E-state index in [9.17, 15) is 14.4 Å². The van der Waals surface area contributed by atoms with Gasteiger partial charge in [0.2, 0.25) is 0 Å². The highest BCUT2D eigenvalue weighted by atomic mass is 35.5. The third-order valence-corrected chi connectivity index (χ3v) is 6.73. The van der Waals surface area contributed by atoms with E-state index in [0.717, 1.165) is 0 Å². The first-order chi connectivity index (χ1) is 18.8. The van der Waals surface area contributed by atoms with E-state index in [1.165, 1.54) is 12.2 Å². The number of carbonyl (C=O) groups excluding carboxylic acids is 3. The summed E-state index contributed by atoms with van der Waals surface area (Å²) in [6.07, 6.45) is 4.49. The molecule has 0 radical (unpaired) electrons. The Bertz CT molecular complexity index is 1580. The SMILES string of the molecule is O=C(Nc1ccc(C(=O)/C=C/c2cccc(Cl)c2Cl)cc1)/C(=C/c1ccccc1Cl)NC(=O)c1ccccc1. The van der Waals surface area contributed by atoms with Gasteiger partial charge < -0.3 is 10.6 Å². The molecule has 39 heavy (non-hydrogen) atoms. The van der Waals surface area contributed by atoms with Gasteiger partial charge in [0, 0.05) is 21.8 Å². The van der Waals surface area contributed by atoms with Gasteiger partial charge in [-0.15, -0.1) is 0 Å². The van der Waals surface area contributed by atoms with Crippen molar-refractivity contribution in [3.63, 3.8) is 0 Å². The molecule has 5 nitrogen and oxygen atoms in total. The molecule has 0 unspecified atom stereocenters. The molecule has 0 heterocycles. The fraction of sp³-hybridized carbons (Fsp3) is 0. The topological polar surface area (TPSA) is 75.3 Å². The van der Waals surface area contributed by atoms with E-state index < -0.39 is 11.8 Å². The van der Waals surface area contributed by atoms with Crippen LogP contribution >= 0.6 is 34.8 Å². The summed E-state index contributed by atoms with van der Waals surface area (Å²) in [5.41, 5.74) is 2.41. The Kier molecular flexibility index (Phi) is 9.34. The van der Waals surface area contributed by atoms with Crippen LogP contribution in [-0.4, -0.2) is 17.6 Å². The molecular formula is C31H21Cl3N2O3. The number of anilines is 1. The Labute approximate surface area is 240 Å². The molecule has 0 saturated heterocycles. The van der Waals surface area contributed by atoms with Gasteiger partial charge in [0.05, 0.1) is 10.0 Å². The van der Waals surface area contributed by atoms with Gasteiger partial charge in [0.15, 0.2) is 5.78 Å². The van der Waals surface area contributed by atoms with Crippen LogP contribution in [0.15, 0.2) is 109 Å². The maximum absolute atomic E-state index is 13.2. The molecule has 0 aliphatic carbocycles. The number of rotatable bonds is 8. The molecule has 0 saturated carbocycles. The monoisotopic (exact) mass is 574 g/mol. The van der Waals surface area contributed by atoms with Gasteiger partial charge in [0.1, 0.15) is 5.70 Å². The molecule has 4 rings (SSSR count). The van der Waals surface area contributed by atoms with Crippen molar-refractivity contribution in [2.45, 2.75) is 0 Å². The van der Waals surface area contributed by atoms with Gasteiger partial charge in [-0.25, -0.2) is 0 Å². The van der Waals surface area contributed by atoms with Crippen molar-refractivity contribution < 1.29 is 14.4 Å². The fourth-order valence-corrected chi connectivity index (χ4v) is 4.08. The third kappa shape index (κ3) is 7.45. The Morgan fingerprint density at radius 2 is 1.28 bits per heavy atom. The second kappa shape index (κ2) is 13.1. The lowest BCUT2D eigenvalue weighted by atomic mass is 10.1. The molecule has 4 aromatic carbocycles. The summed E-state index contributed by atoms with van der Waals surface area (Å²) in [6.45, 7) is 0. The van der Waals surface area contributed by atoms with Crippen molar-refractivity contribution in [3.05, 3.63) is 146 Å². The molecule has 0 fully saturated rings. The lowest BCUT2D eigenvalue weighted by Crippen LogP contribution is -2.30. The summed E-state index contributed by atoms with van der Waals surface area (Å²) in [6, 6.07) is 27.0. The molecule has 0 aliphatic rings. The van der Waals surface area contributed by atoms with Crippen LogP contribution in [0.3, 0.4) is 0 Å². The van der Waals surface area contributed by atoms with Gasteiger partial charge in [-0.3, -0.25) is 14.4 Å². The maximum Gasteiger partial charge on any atom is 0.272 e. The molecule has 194 valence electrons. The van der Waals surface area contributed by atoms with Crippen LogP contribution in [0.5, 0.6) is 0 Å². The molecule has 0 atom stereocenters. The quantitative estimate of drug-likeness (QED) is 0.165. The number of hydrogen-bond donors (Lipinski definition) is 2. The van der Waals surface area contributed by atoms with Crippen LogP contribution in [0.25, 0.3) is 12.2 Å². The largest absolute Gasteiger partial charge is 0.321 e. The number of amides is 2. The first kappa shape index (κ1) is 27.9. The number of hydrogen-bond acceptors (Lipinski definition) is 3. The zero-order valence-corrected chi connectivity index (χ0v) is 22.6. The molecule has 4 aromatic rings. The molecule has 2 amide bonds. The van der Waals surface area contributed by atoms with Gasteiger partial charge in [-0.1, -0.05) is 83.3 Å². The van der Waals surface area contributed by atoms with Crippen LogP contribution in [-0.2, 0) is 4.79 Å². The molecule has 2 N–H and O–H groups in total. The number of benzene rings is 4. The minimum absolute atomic E-state index is 0.00144. The average Bonchev–Trinajstić information content (AvgIpc) is 2.95. The number of allylic oxidation sites excluding steroid dienone is 1. The predicted octanol–water partition coefficient (Wildman–Crippen LogP) is 7.95. The van der Waals surface area contributed by atoms with Crippen molar-refractivity contribution in [2.24, 2.45) is 0 Å². The summed E-state index contributed by atoms with van der Waals surface area (Å²) in [5.74, 6) is -1.26. The highest BCUT2D eigenvalue weighted by Gasteiger charge is 2.16. The number of ketones is 1. The third-order valence-electron chi connectivity index (χ3n) is 5.56. The Morgan fingerprint density at radius 1 is 0.641 bits per heavy atom. The zero-order chi connectivity index (χ0) is 27.8. The van der Waals surface area contributed by atoms with Gasteiger partial charge in [0.25, 0.3) is 11.8 Å². The van der Waals surface area contributed by atoms with Crippen molar-refractivity contribution in [3.8, 4) is 0 Å². The van der Waals surface area contributed by atoms with E-state index in [4.69, 9.17) is 34.8 Å². The van der Waals surface area contributed by atoms with Crippen LogP contribution in [0.4, 0.5) is 5.69 Å². The number of carbonyl (C=O) groups is 3. The standard InChI is InChI=1S/C31H21Cl3N2O3/c32-25-11-5-4-9-23(25)19-27(36-30(38)22-7-2-1-3-8-22)31(39)35-24-16-13-20(14-17-24)28(37)18-15-21-10-6-12-26(33)29(21)34/h1-19H,(H,35,39)(H,36,38)/b18-15+,27-19-. The average molecular weight is 576 g/mol. The van der Waals surface area contributed by atoms with Crippen molar-refractivity contribution in [1.82, 2.24) is 5.32 Å². The summed E-state index contributed by atoms with van der Waals surface area (Å²) >= 11 is 18.5. The first-order valence-corrected chi connectivity index (χ1v) is 12.9. The van der Waals surface area contributed by atoms with E-state index in [1.54, 1.807) is 103 Å². The lowest BCUT2D eigenvalue weighted by molar-refractivity contribution is -0.113. The summed E-state index contributed by atoms with van der Waals surface area (Å²) < 4.78 is 0. The number of halogens is 3. The molecule has 0 bridgehead atoms. The number of nitrogens with one attached hydrogen (secondary N) is 2. The lowest BCUT2D eigenvalue weighted by Gasteiger charge is -2.12. The summed E-state index contributed by atoms with van der Waals surface area (Å²) in [4.78, 5) is 38.6. The zero-order valence-electron chi connectivity index (χ0n) is 20.3. The highest BCUT2D eigenvalue weighted by Crippen LogP contribution is 2.26. The second-order valence-corrected chi connectivity index (χ2v) is 9.46. The molecular weight excluding hydrogens is 555 g/mol. The van der Waals surface area contributed by atoms with Crippen molar-refractivity contribution in [2.75, 3.05) is 5.32 Å². The molecule has 8 heteroatoms. The fourth-order valence-electron chi connectivity index (χ4n) is 3.52. The Morgan fingerprint density at radius 3 is 2.00 bits per heavy atom. The minimum Gasteiger partial charge on any atom is -0.321 e. The van der Waals surface area contributed by atoms with E-state index in [0.29, 0.717) is 43.0 Å². The Hall–Kier alpha value is -4.16. The molecule has 0 aliphatic heterocycles. The normalized spacial score (nSPS) is 11.3.